The van der Waals surface area contributed by atoms with E-state index in [1.54, 1.807) is 0 Å². The lowest BCUT2D eigenvalue weighted by Gasteiger charge is -2.12. The minimum absolute atomic E-state index is 0.905. The molecule has 0 radical (unpaired) electrons. The Morgan fingerprint density at radius 3 is 2.22 bits per heavy atom. The van der Waals surface area contributed by atoms with Crippen LogP contribution in [0.5, 0.6) is 0 Å². The summed E-state index contributed by atoms with van der Waals surface area (Å²) >= 11 is 0. The van der Waals surface area contributed by atoms with Gasteiger partial charge in [0.1, 0.15) is 5.52 Å². The van der Waals surface area contributed by atoms with E-state index in [0.29, 0.717) is 0 Å². The highest BCUT2D eigenvalue weighted by Crippen LogP contribution is 2.32. The topological polar surface area (TPSA) is 132 Å². The van der Waals surface area contributed by atoms with Gasteiger partial charge in [0.15, 0.2) is 5.65 Å². The number of benzene rings is 2. The van der Waals surface area contributed by atoms with E-state index in [-0.39, 0.29) is 0 Å². The molecule has 170 valence electrons. The molecular formula is C22H26N4O5P-. The average molecular weight is 457 g/mol. The maximum Gasteiger partial charge on any atom is 0.331 e. The van der Waals surface area contributed by atoms with Crippen molar-refractivity contribution in [1.29, 1.82) is 0 Å². The van der Waals surface area contributed by atoms with Crippen LogP contribution in [-0.4, -0.2) is 62.0 Å². The van der Waals surface area contributed by atoms with Crippen molar-refractivity contribution in [1.82, 2.24) is 19.4 Å². The number of carboxylic acid groups (broad SMARTS) is 1. The molecule has 0 bridgehead atoms. The Hall–Kier alpha value is -2.84. The first-order valence-corrected chi connectivity index (χ1v) is 11.8. The molecule has 4 rings (SSSR count). The number of likely N-dealkylation sites (N-methyl/N-ethyl adjacent to an activating group) is 1. The van der Waals surface area contributed by atoms with Crippen molar-refractivity contribution < 1.29 is 24.3 Å². The first-order valence-electron chi connectivity index (χ1n) is 10.0. The minimum atomic E-state index is -4.38. The fourth-order valence-electron chi connectivity index (χ4n) is 3.39. The Morgan fingerprint density at radius 2 is 1.69 bits per heavy atom. The van der Waals surface area contributed by atoms with Gasteiger partial charge in [-0.2, -0.15) is 0 Å². The second kappa shape index (κ2) is 9.34. The molecule has 0 spiro atoms. The molecule has 0 aliphatic rings. The number of fused-ring (bicyclic) bond motifs is 4. The van der Waals surface area contributed by atoms with Crippen molar-refractivity contribution in [2.75, 3.05) is 26.8 Å². The van der Waals surface area contributed by atoms with Crippen LogP contribution >= 0.6 is 7.60 Å². The molecule has 2 heterocycles. The van der Waals surface area contributed by atoms with Crippen LogP contribution in [0, 0.1) is 13.8 Å². The third-order valence-corrected chi connectivity index (χ3v) is 5.74. The molecule has 0 unspecified atom stereocenters. The van der Waals surface area contributed by atoms with E-state index in [9.17, 15) is 14.5 Å². The van der Waals surface area contributed by atoms with E-state index in [1.807, 2.05) is 0 Å². The van der Waals surface area contributed by atoms with Crippen LogP contribution in [0.1, 0.15) is 11.1 Å². The summed E-state index contributed by atoms with van der Waals surface area (Å²) in [4.78, 5) is 37.3. The van der Waals surface area contributed by atoms with Crippen LogP contribution < -0.4 is 5.11 Å². The highest BCUT2D eigenvalue weighted by atomic mass is 31.2. The van der Waals surface area contributed by atoms with Crippen LogP contribution in [0.2, 0.25) is 0 Å². The normalized spacial score (nSPS) is 11.8. The number of aryl methyl sites for hydroxylation is 2. The number of nitrogens with zero attached hydrogens (tertiary/aromatic N) is 4. The number of rotatable bonds is 5. The zero-order valence-electron chi connectivity index (χ0n) is 18.4. The summed E-state index contributed by atoms with van der Waals surface area (Å²) in [5.41, 5.74) is 7.65. The van der Waals surface area contributed by atoms with E-state index in [4.69, 9.17) is 19.8 Å². The largest absolute Gasteiger partial charge is 0.549 e. The van der Waals surface area contributed by atoms with Gasteiger partial charge in [-0.1, -0.05) is 18.2 Å². The lowest BCUT2D eigenvalue weighted by molar-refractivity contribution is -0.301. The van der Waals surface area contributed by atoms with Crippen LogP contribution in [0.3, 0.4) is 0 Å². The Morgan fingerprint density at radius 1 is 1.09 bits per heavy atom. The number of hydrogen-bond donors (Lipinski definition) is 2. The van der Waals surface area contributed by atoms with Crippen molar-refractivity contribution in [3.05, 3.63) is 47.5 Å². The molecule has 32 heavy (non-hydrogen) atoms. The Balaban J connectivity index is 0.000000312. The van der Waals surface area contributed by atoms with Gasteiger partial charge in [-0.25, -0.2) is 9.97 Å². The summed E-state index contributed by atoms with van der Waals surface area (Å²) in [6.45, 7) is 6.13. The zero-order chi connectivity index (χ0) is 23.6. The molecule has 0 saturated carbocycles. The molecule has 9 nitrogen and oxygen atoms in total. The molecule has 0 aliphatic heterocycles. The average Bonchev–Trinajstić information content (AvgIpc) is 2.97. The highest BCUT2D eigenvalue weighted by Gasteiger charge is 2.15. The van der Waals surface area contributed by atoms with Crippen LogP contribution in [0.4, 0.5) is 0 Å². The summed E-state index contributed by atoms with van der Waals surface area (Å²) in [7, 11) is -0.187. The zero-order valence-corrected chi connectivity index (χ0v) is 19.3. The second-order valence-corrected chi connectivity index (χ2v) is 9.63. The van der Waals surface area contributed by atoms with Crippen molar-refractivity contribution in [2.24, 2.45) is 0 Å². The summed E-state index contributed by atoms with van der Waals surface area (Å²) in [5, 5.41) is 10.6. The number of aliphatic carboxylic acids is 1. The first-order chi connectivity index (χ1) is 15.0. The molecule has 2 aromatic heterocycles. The summed E-state index contributed by atoms with van der Waals surface area (Å²) < 4.78 is 12.0. The molecule has 10 heteroatoms. The third kappa shape index (κ3) is 5.49. The van der Waals surface area contributed by atoms with Crippen LogP contribution in [0.15, 0.2) is 36.4 Å². The predicted molar refractivity (Wildman–Crippen MR) is 122 cm³/mol. The molecule has 2 aromatic carbocycles. The van der Waals surface area contributed by atoms with E-state index in [2.05, 4.69) is 73.8 Å². The quantitative estimate of drug-likeness (QED) is 0.434. The second-order valence-electron chi connectivity index (χ2n) is 7.99. The lowest BCUT2D eigenvalue weighted by atomic mass is 10.1. The van der Waals surface area contributed by atoms with E-state index >= 15 is 0 Å². The molecule has 2 N–H and O–H groups in total. The van der Waals surface area contributed by atoms with E-state index in [1.165, 1.54) is 22.0 Å². The summed E-state index contributed by atoms with van der Waals surface area (Å²) in [6, 6.07) is 12.8. The SMILES string of the molecule is Cc1cc2nc3c4ccccc4n(CCN(C)C)c3nc2cc1C.O=C([O-])CP(=O)(O)O. The van der Waals surface area contributed by atoms with E-state index in [0.717, 1.165) is 35.3 Å². The maximum absolute atomic E-state index is 9.72. The van der Waals surface area contributed by atoms with Gasteiger partial charge in [0.25, 0.3) is 0 Å². The van der Waals surface area contributed by atoms with Gasteiger partial charge in [-0.15, -0.1) is 0 Å². The number of carboxylic acids is 1. The minimum Gasteiger partial charge on any atom is -0.549 e. The summed E-state index contributed by atoms with van der Waals surface area (Å²) in [6.07, 6.45) is -1.20. The molecule has 0 saturated heterocycles. The molecule has 0 amide bonds. The molecular weight excluding hydrogens is 431 g/mol. The van der Waals surface area contributed by atoms with Gasteiger partial charge in [0.05, 0.1) is 28.7 Å². The number of para-hydroxylation sites is 1. The fourth-order valence-corrected chi connectivity index (χ4v) is 3.73. The Labute approximate surface area is 185 Å². The number of hydrogen-bond acceptors (Lipinski definition) is 6. The highest BCUT2D eigenvalue weighted by molar-refractivity contribution is 7.52. The van der Waals surface area contributed by atoms with Gasteiger partial charge < -0.3 is 29.2 Å². The number of carbonyl (C=O) groups excluding carboxylic acids is 1. The first kappa shape index (κ1) is 23.8. The number of aromatic nitrogens is 3. The maximum atomic E-state index is 9.72. The van der Waals surface area contributed by atoms with Gasteiger partial charge in [-0.3, -0.25) is 4.57 Å². The van der Waals surface area contributed by atoms with Gasteiger partial charge in [0, 0.05) is 18.5 Å². The van der Waals surface area contributed by atoms with Crippen molar-refractivity contribution >= 4 is 46.7 Å². The smallest absolute Gasteiger partial charge is 0.331 e. The number of carbonyl (C=O) groups is 1. The van der Waals surface area contributed by atoms with Crippen molar-refractivity contribution in [3.8, 4) is 0 Å². The molecule has 0 aliphatic carbocycles. The molecule has 0 atom stereocenters. The third-order valence-electron chi connectivity index (χ3n) is 5.07. The lowest BCUT2D eigenvalue weighted by Crippen LogP contribution is -2.25. The van der Waals surface area contributed by atoms with E-state index < -0.39 is 19.7 Å². The van der Waals surface area contributed by atoms with Gasteiger partial charge >= 0.3 is 7.60 Å². The fraction of sp³-hybridized carbons (Fsp3) is 0.318. The van der Waals surface area contributed by atoms with Gasteiger partial charge in [-0.05, 0) is 57.3 Å². The summed E-state index contributed by atoms with van der Waals surface area (Å²) in [5.74, 6) is -1.74. The Bertz CT molecular complexity index is 1340. The van der Waals surface area contributed by atoms with Crippen LogP contribution in [0.25, 0.3) is 33.1 Å². The standard InChI is InChI=1S/C20H22N4.C2H5O5P/c1-13-11-16-17(12-14(13)2)22-20-19(21-16)15-7-5-6-8-18(15)24(20)10-9-23(3)4;3-2(4)1-8(5,6)7/h5-8,11-12H,9-10H2,1-4H3;1H2,(H,3,4)(H2,5,6,7)/p-1. The van der Waals surface area contributed by atoms with Crippen molar-refractivity contribution in [3.63, 3.8) is 0 Å². The monoisotopic (exact) mass is 457 g/mol. The molecule has 0 fully saturated rings. The van der Waals surface area contributed by atoms with Crippen molar-refractivity contribution in [2.45, 2.75) is 20.4 Å². The molecule has 4 aromatic rings. The Kier molecular flexibility index (Phi) is 6.95. The predicted octanol–water partition coefficient (Wildman–Crippen LogP) is 1.83. The van der Waals surface area contributed by atoms with Gasteiger partial charge in [0.2, 0.25) is 0 Å². The van der Waals surface area contributed by atoms with Crippen LogP contribution in [-0.2, 0) is 15.9 Å².